The molecule has 1 heterocycles. The molecule has 120 valence electrons. The van der Waals surface area contributed by atoms with Crippen molar-refractivity contribution in [2.45, 2.75) is 50.5 Å². The maximum Gasteiger partial charge on any atom is 0.243 e. The molecular weight excluding hydrogens is 308 g/mol. The van der Waals surface area contributed by atoms with Gasteiger partial charge < -0.3 is 5.73 Å². The summed E-state index contributed by atoms with van der Waals surface area (Å²) in [5, 5.41) is 0. The second-order valence-corrected chi connectivity index (χ2v) is 7.47. The number of hydrogen-bond donors (Lipinski definition) is 1. The standard InChI is InChI=1S/C15H24N2O2S.ClH/c1-12-6-7-15(13(2)11-12)20(18,19)17-10-4-3-5-14(17)8-9-16;/h6-7,11,14H,3-5,8-10,16H2,1-2H3;1H. The molecule has 0 aromatic heterocycles. The van der Waals surface area contributed by atoms with Crippen molar-refractivity contribution in [1.82, 2.24) is 4.31 Å². The molecule has 2 N–H and O–H groups in total. The Morgan fingerprint density at radius 1 is 1.29 bits per heavy atom. The Morgan fingerprint density at radius 2 is 2.00 bits per heavy atom. The summed E-state index contributed by atoms with van der Waals surface area (Å²) in [5.74, 6) is 0. The third-order valence-electron chi connectivity index (χ3n) is 3.99. The average molecular weight is 333 g/mol. The van der Waals surface area contributed by atoms with Crippen molar-refractivity contribution < 1.29 is 8.42 Å². The maximum absolute atomic E-state index is 12.9. The van der Waals surface area contributed by atoms with Crippen molar-refractivity contribution in [2.75, 3.05) is 13.1 Å². The molecule has 1 aromatic carbocycles. The van der Waals surface area contributed by atoms with E-state index in [1.54, 1.807) is 10.4 Å². The van der Waals surface area contributed by atoms with Crippen LogP contribution in [0.1, 0.15) is 36.8 Å². The van der Waals surface area contributed by atoms with Crippen molar-refractivity contribution in [3.8, 4) is 0 Å². The molecule has 0 spiro atoms. The van der Waals surface area contributed by atoms with Crippen molar-refractivity contribution in [2.24, 2.45) is 5.73 Å². The first-order valence-electron chi connectivity index (χ1n) is 7.26. The molecule has 1 aromatic rings. The maximum atomic E-state index is 12.9. The Bertz CT molecular complexity index is 573. The Morgan fingerprint density at radius 3 is 2.62 bits per heavy atom. The van der Waals surface area contributed by atoms with E-state index in [2.05, 4.69) is 0 Å². The van der Waals surface area contributed by atoms with Gasteiger partial charge in [0.15, 0.2) is 0 Å². The lowest BCUT2D eigenvalue weighted by atomic mass is 10.0. The van der Waals surface area contributed by atoms with Crippen LogP contribution in [0.2, 0.25) is 0 Å². The first-order chi connectivity index (χ1) is 9.46. The highest BCUT2D eigenvalue weighted by Crippen LogP contribution is 2.28. The normalized spacial score (nSPS) is 20.0. The van der Waals surface area contributed by atoms with E-state index in [4.69, 9.17) is 5.73 Å². The van der Waals surface area contributed by atoms with Gasteiger partial charge in [0.25, 0.3) is 0 Å². The third kappa shape index (κ3) is 3.97. The highest BCUT2D eigenvalue weighted by Gasteiger charge is 2.33. The molecular formula is C15H25ClN2O2S. The monoisotopic (exact) mass is 332 g/mol. The number of piperidine rings is 1. The highest BCUT2D eigenvalue weighted by molar-refractivity contribution is 7.89. The molecule has 1 unspecified atom stereocenters. The van der Waals surface area contributed by atoms with E-state index in [9.17, 15) is 8.42 Å². The van der Waals surface area contributed by atoms with Gasteiger partial charge in [-0.2, -0.15) is 4.31 Å². The summed E-state index contributed by atoms with van der Waals surface area (Å²) in [6, 6.07) is 5.57. The van der Waals surface area contributed by atoms with Crippen molar-refractivity contribution >= 4 is 22.4 Å². The summed E-state index contributed by atoms with van der Waals surface area (Å²) in [6.07, 6.45) is 3.68. The summed E-state index contributed by atoms with van der Waals surface area (Å²) in [5.41, 5.74) is 7.54. The molecule has 0 amide bonds. The van der Waals surface area contributed by atoms with Gasteiger partial charge in [-0.05, 0) is 51.3 Å². The number of nitrogens with zero attached hydrogens (tertiary/aromatic N) is 1. The minimum atomic E-state index is -3.40. The first kappa shape index (κ1) is 18.4. The zero-order valence-electron chi connectivity index (χ0n) is 12.7. The smallest absolute Gasteiger partial charge is 0.243 e. The van der Waals surface area contributed by atoms with E-state index < -0.39 is 10.0 Å². The molecule has 1 fully saturated rings. The van der Waals surface area contributed by atoms with E-state index >= 15 is 0 Å². The Kier molecular flexibility index (Phi) is 6.66. The second-order valence-electron chi connectivity index (χ2n) is 5.61. The van der Waals surface area contributed by atoms with Crippen LogP contribution in [0.5, 0.6) is 0 Å². The summed E-state index contributed by atoms with van der Waals surface area (Å²) in [7, 11) is -3.40. The van der Waals surface area contributed by atoms with Gasteiger partial charge in [0.1, 0.15) is 0 Å². The van der Waals surface area contributed by atoms with Gasteiger partial charge in [0.05, 0.1) is 4.90 Å². The van der Waals surface area contributed by atoms with E-state index in [-0.39, 0.29) is 18.4 Å². The number of sulfonamides is 1. The number of hydrogen-bond acceptors (Lipinski definition) is 3. The Balaban J connectivity index is 0.00000220. The fourth-order valence-corrected chi connectivity index (χ4v) is 4.92. The van der Waals surface area contributed by atoms with Crippen LogP contribution in [-0.4, -0.2) is 31.9 Å². The number of nitrogens with two attached hydrogens (primary N) is 1. The van der Waals surface area contributed by atoms with Crippen LogP contribution in [0.15, 0.2) is 23.1 Å². The zero-order chi connectivity index (χ0) is 14.8. The van der Waals surface area contributed by atoms with Gasteiger partial charge in [-0.15, -0.1) is 12.4 Å². The molecule has 0 saturated carbocycles. The molecule has 4 nitrogen and oxygen atoms in total. The minimum Gasteiger partial charge on any atom is -0.330 e. The van der Waals surface area contributed by atoms with Crippen LogP contribution in [0, 0.1) is 13.8 Å². The largest absolute Gasteiger partial charge is 0.330 e. The fraction of sp³-hybridized carbons (Fsp3) is 0.600. The van der Waals surface area contributed by atoms with Gasteiger partial charge >= 0.3 is 0 Å². The van der Waals surface area contributed by atoms with E-state index in [1.807, 2.05) is 26.0 Å². The molecule has 1 aliphatic heterocycles. The average Bonchev–Trinajstić information content (AvgIpc) is 2.39. The highest BCUT2D eigenvalue weighted by atomic mass is 35.5. The summed E-state index contributed by atoms with van der Waals surface area (Å²) < 4.78 is 27.4. The third-order valence-corrected chi connectivity index (χ3v) is 6.10. The summed E-state index contributed by atoms with van der Waals surface area (Å²) >= 11 is 0. The lowest BCUT2D eigenvalue weighted by Gasteiger charge is -2.35. The zero-order valence-corrected chi connectivity index (χ0v) is 14.3. The van der Waals surface area contributed by atoms with Crippen molar-refractivity contribution in [3.05, 3.63) is 29.3 Å². The van der Waals surface area contributed by atoms with Crippen LogP contribution >= 0.6 is 12.4 Å². The second kappa shape index (κ2) is 7.58. The number of halogens is 1. The van der Waals surface area contributed by atoms with Gasteiger partial charge in [0, 0.05) is 12.6 Å². The van der Waals surface area contributed by atoms with Crippen LogP contribution < -0.4 is 5.73 Å². The molecule has 2 rings (SSSR count). The van der Waals surface area contributed by atoms with Crippen LogP contribution in [-0.2, 0) is 10.0 Å². The van der Waals surface area contributed by atoms with Crippen LogP contribution in [0.25, 0.3) is 0 Å². The van der Waals surface area contributed by atoms with Crippen LogP contribution in [0.3, 0.4) is 0 Å². The molecule has 1 aliphatic rings. The van der Waals surface area contributed by atoms with Crippen molar-refractivity contribution in [1.29, 1.82) is 0 Å². The SMILES string of the molecule is Cc1ccc(S(=O)(=O)N2CCCCC2CCN)c(C)c1.Cl. The van der Waals surface area contributed by atoms with Gasteiger partial charge in [-0.3, -0.25) is 0 Å². The lowest BCUT2D eigenvalue weighted by Crippen LogP contribution is -2.44. The Hall–Kier alpha value is -0.620. The molecule has 0 aliphatic carbocycles. The first-order valence-corrected chi connectivity index (χ1v) is 8.70. The van der Waals surface area contributed by atoms with Crippen LogP contribution in [0.4, 0.5) is 0 Å². The number of benzene rings is 1. The molecule has 6 heteroatoms. The fourth-order valence-electron chi connectivity index (χ4n) is 2.99. The molecule has 0 radical (unpaired) electrons. The van der Waals surface area contributed by atoms with E-state index in [1.165, 1.54) is 0 Å². The number of aryl methyl sites for hydroxylation is 2. The minimum absolute atomic E-state index is 0. The quantitative estimate of drug-likeness (QED) is 0.921. The lowest BCUT2D eigenvalue weighted by molar-refractivity contribution is 0.243. The van der Waals surface area contributed by atoms with Gasteiger partial charge in [0.2, 0.25) is 10.0 Å². The van der Waals surface area contributed by atoms with Gasteiger partial charge in [-0.1, -0.05) is 24.1 Å². The summed E-state index contributed by atoms with van der Waals surface area (Å²) in [6.45, 7) is 4.98. The van der Waals surface area contributed by atoms with Crippen molar-refractivity contribution in [3.63, 3.8) is 0 Å². The number of rotatable bonds is 4. The van der Waals surface area contributed by atoms with Gasteiger partial charge in [-0.25, -0.2) is 8.42 Å². The molecule has 1 saturated heterocycles. The molecule has 0 bridgehead atoms. The van der Waals surface area contributed by atoms with E-state index in [0.717, 1.165) is 36.8 Å². The summed E-state index contributed by atoms with van der Waals surface area (Å²) in [4.78, 5) is 0.437. The molecule has 1 atom stereocenters. The van der Waals surface area contributed by atoms with E-state index in [0.29, 0.717) is 18.0 Å². The molecule has 21 heavy (non-hydrogen) atoms. The predicted molar refractivity (Wildman–Crippen MR) is 88.4 cm³/mol. The topological polar surface area (TPSA) is 63.4 Å². The Labute approximate surface area is 134 Å². The predicted octanol–water partition coefficient (Wildman–Crippen LogP) is 2.62.